The van der Waals surface area contributed by atoms with Gasteiger partial charge in [-0.25, -0.2) is 19.3 Å². The topological polar surface area (TPSA) is 115 Å². The molecule has 202 valence electrons. The standard InChI is InChI=1S/C26H30ClFN6O4/c1-11(2)34-19-6-12(5-17(28)21(19)31-23(34)14-8-15(14)24(36)33(3)4)20-16(27)9-29-26(32-20)30-18-7-13-10-37-25(38-13)22(18)35/h5-6,9,11,13-15,18,22,25,35H,7-8,10H2,1-4H3,(H,29,30,32)/t13-,14?,15?,18+,22-,25+/m0/s1. The first-order chi connectivity index (χ1) is 18.1. The highest BCUT2D eigenvalue weighted by Crippen LogP contribution is 2.49. The molecule has 6 rings (SSSR count). The molecule has 2 aliphatic heterocycles. The zero-order valence-electron chi connectivity index (χ0n) is 21.6. The number of aliphatic hydroxyl groups excluding tert-OH is 1. The Morgan fingerprint density at radius 2 is 2.08 bits per heavy atom. The number of carbonyl (C=O) groups is 1. The van der Waals surface area contributed by atoms with Crippen molar-refractivity contribution in [3.8, 4) is 11.3 Å². The molecule has 2 bridgehead atoms. The largest absolute Gasteiger partial charge is 0.386 e. The molecule has 3 fully saturated rings. The van der Waals surface area contributed by atoms with Crippen molar-refractivity contribution in [1.29, 1.82) is 0 Å². The van der Waals surface area contributed by atoms with Crippen LogP contribution in [-0.2, 0) is 14.3 Å². The lowest BCUT2D eigenvalue weighted by Crippen LogP contribution is -2.48. The molecule has 2 aromatic heterocycles. The number of hydrogen-bond donors (Lipinski definition) is 2. The second-order valence-electron chi connectivity index (χ2n) is 10.8. The molecule has 1 aliphatic carbocycles. The van der Waals surface area contributed by atoms with E-state index in [4.69, 9.17) is 21.1 Å². The number of carbonyl (C=O) groups excluding carboxylic acids is 1. The molecule has 6 atom stereocenters. The average Bonchev–Trinajstić information content (AvgIpc) is 3.40. The zero-order valence-corrected chi connectivity index (χ0v) is 22.3. The molecule has 2 N–H and O–H groups in total. The van der Waals surface area contributed by atoms with E-state index in [0.29, 0.717) is 42.0 Å². The van der Waals surface area contributed by atoms with Crippen molar-refractivity contribution in [2.24, 2.45) is 5.92 Å². The first kappa shape index (κ1) is 25.4. The second-order valence-corrected chi connectivity index (χ2v) is 11.2. The van der Waals surface area contributed by atoms with Gasteiger partial charge in [-0.2, -0.15) is 0 Å². The van der Waals surface area contributed by atoms with Gasteiger partial charge in [0, 0.05) is 37.5 Å². The van der Waals surface area contributed by atoms with Crippen molar-refractivity contribution >= 4 is 34.5 Å². The number of aliphatic hydroxyl groups is 1. The minimum absolute atomic E-state index is 0.00828. The maximum atomic E-state index is 15.5. The van der Waals surface area contributed by atoms with Crippen LogP contribution in [0.5, 0.6) is 0 Å². The highest BCUT2D eigenvalue weighted by atomic mass is 35.5. The number of amides is 1. The molecule has 12 heteroatoms. The number of imidazole rings is 1. The fraction of sp³-hybridized carbons (Fsp3) is 0.538. The number of nitrogens with one attached hydrogen (secondary N) is 1. The number of nitrogens with zero attached hydrogens (tertiary/aromatic N) is 5. The van der Waals surface area contributed by atoms with Gasteiger partial charge in [-0.3, -0.25) is 4.79 Å². The fourth-order valence-corrected chi connectivity index (χ4v) is 5.73. The predicted octanol–water partition coefficient (Wildman–Crippen LogP) is 3.35. The monoisotopic (exact) mass is 544 g/mol. The third-order valence-electron chi connectivity index (χ3n) is 7.49. The summed E-state index contributed by atoms with van der Waals surface area (Å²) < 4.78 is 28.5. The Balaban J connectivity index is 1.35. The minimum atomic E-state index is -0.880. The van der Waals surface area contributed by atoms with Crippen LogP contribution in [0, 0.1) is 11.7 Å². The van der Waals surface area contributed by atoms with E-state index < -0.39 is 18.2 Å². The van der Waals surface area contributed by atoms with E-state index >= 15 is 4.39 Å². The van der Waals surface area contributed by atoms with Gasteiger partial charge in [0.2, 0.25) is 11.9 Å². The second kappa shape index (κ2) is 9.41. The maximum absolute atomic E-state index is 15.5. The van der Waals surface area contributed by atoms with Crippen molar-refractivity contribution in [3.63, 3.8) is 0 Å². The Bertz CT molecular complexity index is 1410. The highest BCUT2D eigenvalue weighted by molar-refractivity contribution is 6.33. The predicted molar refractivity (Wildman–Crippen MR) is 138 cm³/mol. The Labute approximate surface area is 224 Å². The highest BCUT2D eigenvalue weighted by Gasteiger charge is 2.48. The van der Waals surface area contributed by atoms with Gasteiger partial charge in [0.15, 0.2) is 12.1 Å². The molecule has 3 aromatic rings. The molecule has 0 radical (unpaired) electrons. The average molecular weight is 545 g/mol. The summed E-state index contributed by atoms with van der Waals surface area (Å²) in [7, 11) is 3.48. The lowest BCUT2D eigenvalue weighted by Gasteiger charge is -2.32. The molecular formula is C26H30ClFN6O4. The first-order valence-corrected chi connectivity index (χ1v) is 13.2. The Kier molecular flexibility index (Phi) is 6.29. The lowest BCUT2D eigenvalue weighted by atomic mass is 10.0. The summed E-state index contributed by atoms with van der Waals surface area (Å²) in [5, 5.41) is 14.0. The lowest BCUT2D eigenvalue weighted by molar-refractivity contribution is -0.156. The van der Waals surface area contributed by atoms with Crippen molar-refractivity contribution in [2.45, 2.75) is 63.2 Å². The molecule has 38 heavy (non-hydrogen) atoms. The van der Waals surface area contributed by atoms with Crippen LogP contribution in [0.3, 0.4) is 0 Å². The normalized spacial score (nSPS) is 28.2. The molecule has 1 aromatic carbocycles. The number of halogens is 2. The zero-order chi connectivity index (χ0) is 26.9. The third-order valence-corrected chi connectivity index (χ3v) is 7.76. The Morgan fingerprint density at radius 1 is 1.29 bits per heavy atom. The van der Waals surface area contributed by atoms with Gasteiger partial charge in [0.25, 0.3) is 0 Å². The Hall–Kier alpha value is -2.86. The van der Waals surface area contributed by atoms with Crippen LogP contribution in [0.4, 0.5) is 10.3 Å². The SMILES string of the molecule is CC(C)n1c(C2CC2C(=O)N(C)C)nc2c(F)cc(-c3nc(N[C@@H]4C[C@H]5CO[C@H](O5)[C@H]4O)ncc3Cl)cc21. The number of hydrogen-bond acceptors (Lipinski definition) is 8. The van der Waals surface area contributed by atoms with Crippen LogP contribution in [-0.4, -0.2) is 80.7 Å². The first-order valence-electron chi connectivity index (χ1n) is 12.8. The summed E-state index contributed by atoms with van der Waals surface area (Å²) in [5.41, 5.74) is 1.71. The van der Waals surface area contributed by atoms with Crippen LogP contribution in [0.25, 0.3) is 22.3 Å². The van der Waals surface area contributed by atoms with Gasteiger partial charge in [-0.1, -0.05) is 11.6 Å². The molecule has 1 amide bonds. The molecule has 3 aliphatic rings. The number of rotatable bonds is 6. The van der Waals surface area contributed by atoms with E-state index in [1.807, 2.05) is 24.5 Å². The van der Waals surface area contributed by atoms with Crippen LogP contribution >= 0.6 is 11.6 Å². The summed E-state index contributed by atoms with van der Waals surface area (Å²) in [6.45, 7) is 4.45. The number of benzene rings is 1. The van der Waals surface area contributed by atoms with Gasteiger partial charge in [0.05, 0.1) is 41.2 Å². The van der Waals surface area contributed by atoms with Crippen LogP contribution in [0.2, 0.25) is 5.02 Å². The number of anilines is 1. The van der Waals surface area contributed by atoms with Crippen LogP contribution < -0.4 is 5.32 Å². The van der Waals surface area contributed by atoms with E-state index in [9.17, 15) is 9.90 Å². The quantitative estimate of drug-likeness (QED) is 0.485. The van der Waals surface area contributed by atoms with Gasteiger partial charge in [-0.15, -0.1) is 0 Å². The smallest absolute Gasteiger partial charge is 0.225 e. The van der Waals surface area contributed by atoms with E-state index in [2.05, 4.69) is 20.3 Å². The van der Waals surface area contributed by atoms with Crippen molar-refractivity contribution < 1.29 is 23.8 Å². The van der Waals surface area contributed by atoms with Gasteiger partial charge < -0.3 is 29.4 Å². The summed E-state index contributed by atoms with van der Waals surface area (Å²) in [6, 6.07) is 2.83. The Morgan fingerprint density at radius 3 is 2.82 bits per heavy atom. The number of aromatic nitrogens is 4. The molecule has 4 heterocycles. The molecule has 0 spiro atoms. The van der Waals surface area contributed by atoms with E-state index in [1.165, 1.54) is 12.3 Å². The fourth-order valence-electron chi connectivity index (χ4n) is 5.53. The minimum Gasteiger partial charge on any atom is -0.386 e. The van der Waals surface area contributed by atoms with Crippen LogP contribution in [0.15, 0.2) is 18.3 Å². The van der Waals surface area contributed by atoms with E-state index in [1.54, 1.807) is 19.0 Å². The molecule has 2 saturated heterocycles. The molecule has 2 unspecified atom stereocenters. The van der Waals surface area contributed by atoms with Crippen molar-refractivity contribution in [2.75, 3.05) is 26.0 Å². The van der Waals surface area contributed by atoms with E-state index in [0.717, 1.165) is 0 Å². The van der Waals surface area contributed by atoms with E-state index in [-0.39, 0.29) is 52.4 Å². The number of ether oxygens (including phenoxy) is 2. The van der Waals surface area contributed by atoms with Gasteiger partial charge >= 0.3 is 0 Å². The summed E-state index contributed by atoms with van der Waals surface area (Å²) in [4.78, 5) is 27.6. The van der Waals surface area contributed by atoms with Gasteiger partial charge in [-0.05, 0) is 38.8 Å². The number of fused-ring (bicyclic) bond motifs is 3. The van der Waals surface area contributed by atoms with Gasteiger partial charge in [0.1, 0.15) is 17.4 Å². The molecule has 1 saturated carbocycles. The van der Waals surface area contributed by atoms with Crippen molar-refractivity contribution in [3.05, 3.63) is 35.0 Å². The van der Waals surface area contributed by atoms with Crippen molar-refractivity contribution in [1.82, 2.24) is 24.4 Å². The summed E-state index contributed by atoms with van der Waals surface area (Å²) >= 11 is 6.48. The maximum Gasteiger partial charge on any atom is 0.225 e. The third kappa shape index (κ3) is 4.31. The summed E-state index contributed by atoms with van der Waals surface area (Å²) in [5.74, 6) is 0.343. The molecular weight excluding hydrogens is 515 g/mol. The van der Waals surface area contributed by atoms with Crippen LogP contribution in [0.1, 0.15) is 44.5 Å². The summed E-state index contributed by atoms with van der Waals surface area (Å²) in [6.07, 6.45) is 1.02. The molecule has 10 nitrogen and oxygen atoms in total.